The van der Waals surface area contributed by atoms with Gasteiger partial charge in [0.05, 0.1) is 16.1 Å². The molecule has 172 valence electrons. The lowest BCUT2D eigenvalue weighted by Gasteiger charge is -2.35. The number of benzene rings is 3. The van der Waals surface area contributed by atoms with Crippen LogP contribution in [0.25, 0.3) is 0 Å². The summed E-state index contributed by atoms with van der Waals surface area (Å²) in [4.78, 5) is 17.1. The lowest BCUT2D eigenvalue weighted by molar-refractivity contribution is 0.0629. The summed E-state index contributed by atoms with van der Waals surface area (Å²) in [6, 6.07) is 18.7. The first-order chi connectivity index (χ1) is 15.8. The van der Waals surface area contributed by atoms with E-state index in [9.17, 15) is 17.6 Å². The van der Waals surface area contributed by atoms with Crippen LogP contribution >= 0.6 is 11.6 Å². The lowest BCUT2D eigenvalue weighted by Crippen LogP contribution is -2.48. The van der Waals surface area contributed by atoms with Crippen molar-refractivity contribution in [3.05, 3.63) is 94.8 Å². The molecule has 1 heterocycles. The molecule has 0 saturated carbocycles. The first kappa shape index (κ1) is 23.2. The number of nitrogens with one attached hydrogen (secondary N) is 1. The molecule has 0 bridgehead atoms. The molecule has 3 aromatic carbocycles. The fourth-order valence-corrected chi connectivity index (χ4v) is 5.04. The van der Waals surface area contributed by atoms with E-state index in [2.05, 4.69) is 9.62 Å². The van der Waals surface area contributed by atoms with Crippen molar-refractivity contribution >= 4 is 33.2 Å². The minimum Gasteiger partial charge on any atom is -0.336 e. The Kier molecular flexibility index (Phi) is 6.97. The summed E-state index contributed by atoms with van der Waals surface area (Å²) in [5.74, 6) is -0.770. The molecular weight excluding hydrogens is 465 g/mol. The van der Waals surface area contributed by atoms with E-state index in [1.807, 2.05) is 24.3 Å². The number of piperazine rings is 1. The third-order valence-corrected chi connectivity index (χ3v) is 7.10. The number of para-hydroxylation sites is 1. The van der Waals surface area contributed by atoms with Crippen molar-refractivity contribution in [1.82, 2.24) is 9.80 Å². The van der Waals surface area contributed by atoms with Crippen molar-refractivity contribution in [2.24, 2.45) is 0 Å². The highest BCUT2D eigenvalue weighted by molar-refractivity contribution is 7.92. The Morgan fingerprint density at radius 1 is 0.939 bits per heavy atom. The maximum atomic E-state index is 13.2. The van der Waals surface area contributed by atoms with Gasteiger partial charge in [0.25, 0.3) is 15.9 Å². The van der Waals surface area contributed by atoms with Crippen LogP contribution in [0.2, 0.25) is 5.02 Å². The van der Waals surface area contributed by atoms with E-state index >= 15 is 0 Å². The molecule has 1 N–H and O–H groups in total. The normalized spacial score (nSPS) is 14.8. The van der Waals surface area contributed by atoms with E-state index in [4.69, 9.17) is 11.6 Å². The second-order valence-corrected chi connectivity index (χ2v) is 9.92. The third-order valence-electron chi connectivity index (χ3n) is 5.48. The van der Waals surface area contributed by atoms with Crippen LogP contribution in [-0.2, 0) is 16.6 Å². The molecule has 0 aliphatic carbocycles. The summed E-state index contributed by atoms with van der Waals surface area (Å²) in [6.07, 6.45) is 0. The smallest absolute Gasteiger partial charge is 0.261 e. The zero-order valence-electron chi connectivity index (χ0n) is 17.7. The molecule has 0 radical (unpaired) electrons. The second kappa shape index (κ2) is 9.91. The van der Waals surface area contributed by atoms with Crippen molar-refractivity contribution in [3.8, 4) is 0 Å². The van der Waals surface area contributed by atoms with Crippen molar-refractivity contribution < 1.29 is 17.6 Å². The fourth-order valence-electron chi connectivity index (χ4n) is 3.75. The van der Waals surface area contributed by atoms with E-state index in [1.165, 1.54) is 12.1 Å². The van der Waals surface area contributed by atoms with Gasteiger partial charge in [0.1, 0.15) is 5.82 Å². The summed E-state index contributed by atoms with van der Waals surface area (Å²) in [6.45, 7) is 3.19. The van der Waals surface area contributed by atoms with Gasteiger partial charge in [-0.05, 0) is 54.1 Å². The Morgan fingerprint density at radius 2 is 1.64 bits per heavy atom. The maximum absolute atomic E-state index is 13.2. The van der Waals surface area contributed by atoms with E-state index < -0.39 is 15.8 Å². The number of anilines is 1. The van der Waals surface area contributed by atoms with Gasteiger partial charge in [-0.25, -0.2) is 12.8 Å². The SMILES string of the molecule is O=C(c1ccccc1NS(=O)(=O)c1ccc(F)cc1)N1CCN(Cc2cccc(Cl)c2)CC1. The fraction of sp³-hybridized carbons (Fsp3) is 0.208. The largest absolute Gasteiger partial charge is 0.336 e. The Morgan fingerprint density at radius 3 is 2.33 bits per heavy atom. The molecule has 1 aliphatic rings. The highest BCUT2D eigenvalue weighted by Crippen LogP contribution is 2.23. The molecule has 4 rings (SSSR count). The third kappa shape index (κ3) is 5.71. The van der Waals surface area contributed by atoms with E-state index in [-0.39, 0.29) is 22.1 Å². The van der Waals surface area contributed by atoms with Gasteiger partial charge in [-0.3, -0.25) is 14.4 Å². The van der Waals surface area contributed by atoms with Crippen molar-refractivity contribution in [1.29, 1.82) is 0 Å². The van der Waals surface area contributed by atoms with Gasteiger partial charge in [0.15, 0.2) is 0 Å². The molecule has 33 heavy (non-hydrogen) atoms. The zero-order chi connectivity index (χ0) is 23.4. The first-order valence-electron chi connectivity index (χ1n) is 10.5. The van der Waals surface area contributed by atoms with Crippen LogP contribution in [0.3, 0.4) is 0 Å². The highest BCUT2D eigenvalue weighted by atomic mass is 35.5. The first-order valence-corrected chi connectivity index (χ1v) is 12.3. The standard InChI is InChI=1S/C24H23ClFN3O3S/c25-19-5-3-4-18(16-19)17-28-12-14-29(15-13-28)24(30)22-6-1-2-7-23(22)27-33(31,32)21-10-8-20(26)9-11-21/h1-11,16,27H,12-15,17H2. The predicted octanol–water partition coefficient (Wildman–Crippen LogP) is 4.24. The quantitative estimate of drug-likeness (QED) is 0.564. The summed E-state index contributed by atoms with van der Waals surface area (Å²) in [5.41, 5.74) is 1.57. The van der Waals surface area contributed by atoms with Crippen LogP contribution < -0.4 is 4.72 Å². The molecule has 0 unspecified atom stereocenters. The van der Waals surface area contributed by atoms with Crippen LogP contribution in [0.4, 0.5) is 10.1 Å². The highest BCUT2D eigenvalue weighted by Gasteiger charge is 2.25. The van der Waals surface area contributed by atoms with Crippen LogP contribution in [0.1, 0.15) is 15.9 Å². The minimum atomic E-state index is -3.97. The van der Waals surface area contributed by atoms with Gasteiger partial charge < -0.3 is 4.90 Å². The maximum Gasteiger partial charge on any atom is 0.261 e. The molecular formula is C24H23ClFN3O3S. The Hall–Kier alpha value is -2.94. The van der Waals surface area contributed by atoms with Crippen LogP contribution in [-0.4, -0.2) is 50.3 Å². The summed E-state index contributed by atoms with van der Waals surface area (Å²) >= 11 is 6.06. The average molecular weight is 488 g/mol. The number of sulfonamides is 1. The monoisotopic (exact) mass is 487 g/mol. The van der Waals surface area contributed by atoms with E-state index in [0.717, 1.165) is 24.2 Å². The van der Waals surface area contributed by atoms with Crippen molar-refractivity contribution in [2.45, 2.75) is 11.4 Å². The second-order valence-electron chi connectivity index (χ2n) is 7.80. The van der Waals surface area contributed by atoms with Crippen LogP contribution in [0, 0.1) is 5.82 Å². The summed E-state index contributed by atoms with van der Waals surface area (Å²) < 4.78 is 41.1. The number of nitrogens with zero attached hydrogens (tertiary/aromatic N) is 2. The average Bonchev–Trinajstić information content (AvgIpc) is 2.80. The van der Waals surface area contributed by atoms with E-state index in [0.29, 0.717) is 31.2 Å². The molecule has 6 nitrogen and oxygen atoms in total. The Balaban J connectivity index is 1.44. The zero-order valence-corrected chi connectivity index (χ0v) is 19.3. The molecule has 0 atom stereocenters. The topological polar surface area (TPSA) is 69.7 Å². The number of carbonyl (C=O) groups excluding carboxylic acids is 1. The molecule has 0 aromatic heterocycles. The Labute approximate surface area is 197 Å². The van der Waals surface area contributed by atoms with Gasteiger partial charge in [0, 0.05) is 37.7 Å². The summed E-state index contributed by atoms with van der Waals surface area (Å²) in [5, 5.41) is 0.695. The van der Waals surface area contributed by atoms with Gasteiger partial charge in [-0.15, -0.1) is 0 Å². The molecule has 3 aromatic rings. The number of hydrogen-bond acceptors (Lipinski definition) is 4. The molecule has 1 amide bonds. The number of hydrogen-bond donors (Lipinski definition) is 1. The number of rotatable bonds is 6. The number of amides is 1. The van der Waals surface area contributed by atoms with Crippen LogP contribution in [0.5, 0.6) is 0 Å². The minimum absolute atomic E-state index is 0.0826. The van der Waals surface area contributed by atoms with E-state index in [1.54, 1.807) is 29.2 Å². The lowest BCUT2D eigenvalue weighted by atomic mass is 10.1. The Bertz CT molecular complexity index is 1240. The number of carbonyl (C=O) groups is 1. The van der Waals surface area contributed by atoms with Gasteiger partial charge in [0.2, 0.25) is 0 Å². The van der Waals surface area contributed by atoms with Gasteiger partial charge in [-0.1, -0.05) is 35.9 Å². The summed E-state index contributed by atoms with van der Waals surface area (Å²) in [7, 11) is -3.97. The van der Waals surface area contributed by atoms with Crippen LogP contribution in [0.15, 0.2) is 77.7 Å². The van der Waals surface area contributed by atoms with Gasteiger partial charge in [-0.2, -0.15) is 0 Å². The van der Waals surface area contributed by atoms with Crippen molar-refractivity contribution in [2.75, 3.05) is 30.9 Å². The molecule has 1 fully saturated rings. The number of halogens is 2. The van der Waals surface area contributed by atoms with Gasteiger partial charge >= 0.3 is 0 Å². The van der Waals surface area contributed by atoms with Crippen molar-refractivity contribution in [3.63, 3.8) is 0 Å². The molecule has 9 heteroatoms. The molecule has 1 saturated heterocycles. The predicted molar refractivity (Wildman–Crippen MR) is 126 cm³/mol. The molecule has 1 aliphatic heterocycles. The molecule has 0 spiro atoms.